The second-order valence-corrected chi connectivity index (χ2v) is 9.39. The summed E-state index contributed by atoms with van der Waals surface area (Å²) in [6.07, 6.45) is 6.67. The lowest BCUT2D eigenvalue weighted by Crippen LogP contribution is -2.57. The fourth-order valence-electron chi connectivity index (χ4n) is 5.42. The minimum Gasteiger partial charge on any atom is -0.497 e. The lowest BCUT2D eigenvalue weighted by Gasteiger charge is -2.45. The van der Waals surface area contributed by atoms with Gasteiger partial charge in [0.1, 0.15) is 12.4 Å². The van der Waals surface area contributed by atoms with E-state index in [9.17, 15) is 9.59 Å². The molecule has 2 aromatic heterocycles. The number of nitrogens with zero attached hydrogens (tertiary/aromatic N) is 5. The summed E-state index contributed by atoms with van der Waals surface area (Å²) in [5.41, 5.74) is 1.20. The van der Waals surface area contributed by atoms with Crippen LogP contribution in [0.1, 0.15) is 30.5 Å². The van der Waals surface area contributed by atoms with Gasteiger partial charge in [-0.25, -0.2) is 15.0 Å². The van der Waals surface area contributed by atoms with E-state index in [2.05, 4.69) is 20.9 Å². The molecule has 2 saturated heterocycles. The molecule has 0 N–H and O–H groups in total. The molecule has 5 rings (SSSR count). The molecule has 1 atom stereocenters. The second kappa shape index (κ2) is 10.7. The number of methoxy groups -OCH3 is 2. The maximum atomic E-state index is 13.1. The van der Waals surface area contributed by atoms with Gasteiger partial charge in [-0.1, -0.05) is 12.1 Å². The zero-order valence-electron chi connectivity index (χ0n) is 21.1. The molecule has 0 radical (unpaired) electrons. The van der Waals surface area contributed by atoms with Gasteiger partial charge in [0.2, 0.25) is 11.9 Å². The Morgan fingerprint density at radius 3 is 2.59 bits per heavy atom. The van der Waals surface area contributed by atoms with Crippen molar-refractivity contribution in [1.29, 1.82) is 0 Å². The molecule has 2 aliphatic heterocycles. The number of hydrogen-bond acceptors (Lipinski definition) is 8. The number of rotatable bonds is 8. The van der Waals surface area contributed by atoms with Gasteiger partial charge in [0.15, 0.2) is 0 Å². The van der Waals surface area contributed by atoms with Crippen LogP contribution in [0.15, 0.2) is 61.1 Å². The zero-order chi connectivity index (χ0) is 25.8. The summed E-state index contributed by atoms with van der Waals surface area (Å²) in [7, 11) is 2.98. The summed E-state index contributed by atoms with van der Waals surface area (Å²) in [4.78, 5) is 43.0. The molecule has 0 bridgehead atoms. The fraction of sp³-hybridized carbons (Fsp3) is 0.407. The van der Waals surface area contributed by atoms with Crippen LogP contribution in [0.3, 0.4) is 0 Å². The van der Waals surface area contributed by atoms with Gasteiger partial charge in [-0.3, -0.25) is 23.9 Å². The van der Waals surface area contributed by atoms with Crippen LogP contribution in [-0.4, -0.2) is 69.2 Å². The minimum atomic E-state index is -0.746. The topological polar surface area (TPSA) is 99.0 Å². The maximum absolute atomic E-state index is 13.1. The van der Waals surface area contributed by atoms with E-state index in [1.54, 1.807) is 25.6 Å². The molecule has 2 aliphatic rings. The summed E-state index contributed by atoms with van der Waals surface area (Å²) in [6, 6.07) is 13.4. The normalized spacial score (nSPS) is 19.4. The molecule has 0 saturated carbocycles. The number of benzene rings is 1. The van der Waals surface area contributed by atoms with E-state index in [1.807, 2.05) is 41.1 Å². The Bertz CT molecular complexity index is 1240. The number of likely N-dealkylation sites (tertiary alicyclic amines) is 1. The third-order valence-corrected chi connectivity index (χ3v) is 7.35. The smallest absolute Gasteiger partial charge is 0.311 e. The Morgan fingerprint density at radius 1 is 1.08 bits per heavy atom. The summed E-state index contributed by atoms with van der Waals surface area (Å²) >= 11 is 0. The Hall–Kier alpha value is -3.76. The lowest BCUT2D eigenvalue weighted by molar-refractivity contribution is -0.229. The fourth-order valence-corrected chi connectivity index (χ4v) is 5.42. The standard InChI is InChI=1S/C27H31N5O5/c1-35-22-8-3-6-20(16-22)19-37-32-24(33)17-23(25(34)36-2)27(32)9-14-30(15-10-27)18-21-7-4-13-31(21)26-28-11-5-12-29-26/h3-8,11-13,16,23H,9-10,14-15,17-19H2,1-2H3. The monoisotopic (exact) mass is 505 g/mol. The van der Waals surface area contributed by atoms with E-state index in [0.29, 0.717) is 38.4 Å². The van der Waals surface area contributed by atoms with Crippen LogP contribution in [0.2, 0.25) is 0 Å². The van der Waals surface area contributed by atoms with E-state index in [1.165, 1.54) is 12.2 Å². The molecule has 1 aromatic carbocycles. The Balaban J connectivity index is 1.31. The molecule has 1 spiro atoms. The van der Waals surface area contributed by atoms with Crippen molar-refractivity contribution in [1.82, 2.24) is 24.5 Å². The van der Waals surface area contributed by atoms with Gasteiger partial charge in [0, 0.05) is 50.3 Å². The maximum Gasteiger partial charge on any atom is 0.311 e. The molecule has 194 valence electrons. The number of aromatic nitrogens is 3. The quantitative estimate of drug-likeness (QED) is 0.431. The molecular weight excluding hydrogens is 474 g/mol. The van der Waals surface area contributed by atoms with Crippen molar-refractivity contribution < 1.29 is 23.9 Å². The molecule has 0 aliphatic carbocycles. The van der Waals surface area contributed by atoms with E-state index in [-0.39, 0.29) is 24.9 Å². The molecular formula is C27H31N5O5. The van der Waals surface area contributed by atoms with Crippen molar-refractivity contribution in [2.75, 3.05) is 27.3 Å². The van der Waals surface area contributed by atoms with Crippen LogP contribution in [0.4, 0.5) is 0 Å². The minimum absolute atomic E-state index is 0.0823. The molecule has 1 unspecified atom stereocenters. The molecule has 3 aromatic rings. The van der Waals surface area contributed by atoms with E-state index in [4.69, 9.17) is 14.3 Å². The molecule has 2 fully saturated rings. The van der Waals surface area contributed by atoms with Crippen LogP contribution in [0.25, 0.3) is 5.95 Å². The van der Waals surface area contributed by atoms with E-state index >= 15 is 0 Å². The number of ether oxygens (including phenoxy) is 2. The Morgan fingerprint density at radius 2 is 1.86 bits per heavy atom. The van der Waals surface area contributed by atoms with Crippen LogP contribution in [0.5, 0.6) is 5.75 Å². The van der Waals surface area contributed by atoms with Crippen molar-refractivity contribution in [2.45, 2.75) is 38.0 Å². The highest BCUT2D eigenvalue weighted by Crippen LogP contribution is 2.45. The predicted molar refractivity (Wildman–Crippen MR) is 133 cm³/mol. The largest absolute Gasteiger partial charge is 0.497 e. The molecule has 4 heterocycles. The number of piperidine rings is 1. The molecule has 10 nitrogen and oxygen atoms in total. The highest BCUT2D eigenvalue weighted by molar-refractivity contribution is 5.88. The Kier molecular flexibility index (Phi) is 7.20. The predicted octanol–water partition coefficient (Wildman–Crippen LogP) is 2.76. The van der Waals surface area contributed by atoms with Crippen molar-refractivity contribution in [3.05, 3.63) is 72.3 Å². The summed E-state index contributed by atoms with van der Waals surface area (Å²) < 4.78 is 12.4. The highest BCUT2D eigenvalue weighted by atomic mass is 16.7. The average molecular weight is 506 g/mol. The van der Waals surface area contributed by atoms with Crippen molar-refractivity contribution >= 4 is 11.9 Å². The number of esters is 1. The number of hydrogen-bond donors (Lipinski definition) is 0. The van der Waals surface area contributed by atoms with Crippen molar-refractivity contribution in [3.63, 3.8) is 0 Å². The number of amides is 1. The number of carbonyl (C=O) groups excluding carboxylic acids is 2. The summed E-state index contributed by atoms with van der Waals surface area (Å²) in [6.45, 7) is 2.29. The van der Waals surface area contributed by atoms with Crippen LogP contribution in [0, 0.1) is 5.92 Å². The Labute approximate surface area is 215 Å². The van der Waals surface area contributed by atoms with Crippen LogP contribution < -0.4 is 4.74 Å². The third-order valence-electron chi connectivity index (χ3n) is 7.35. The van der Waals surface area contributed by atoms with Gasteiger partial charge in [0.05, 0.1) is 25.7 Å². The van der Waals surface area contributed by atoms with E-state index < -0.39 is 11.5 Å². The number of hydroxylamine groups is 2. The van der Waals surface area contributed by atoms with Gasteiger partial charge >= 0.3 is 5.97 Å². The lowest BCUT2D eigenvalue weighted by atomic mass is 9.77. The first kappa shape index (κ1) is 24.9. The summed E-state index contributed by atoms with van der Waals surface area (Å²) in [5, 5.41) is 1.46. The van der Waals surface area contributed by atoms with E-state index in [0.717, 1.165) is 17.0 Å². The van der Waals surface area contributed by atoms with Gasteiger partial charge in [-0.2, -0.15) is 0 Å². The van der Waals surface area contributed by atoms with Crippen molar-refractivity contribution in [3.8, 4) is 11.7 Å². The summed E-state index contributed by atoms with van der Waals surface area (Å²) in [5.74, 6) is 0.209. The molecule has 10 heteroatoms. The van der Waals surface area contributed by atoms with Crippen LogP contribution in [-0.2, 0) is 32.3 Å². The third kappa shape index (κ3) is 4.94. The molecule has 37 heavy (non-hydrogen) atoms. The average Bonchev–Trinajstić information content (AvgIpc) is 3.51. The first-order chi connectivity index (χ1) is 18.0. The highest BCUT2D eigenvalue weighted by Gasteiger charge is 2.58. The van der Waals surface area contributed by atoms with Gasteiger partial charge in [-0.15, -0.1) is 0 Å². The van der Waals surface area contributed by atoms with Gasteiger partial charge in [-0.05, 0) is 48.7 Å². The van der Waals surface area contributed by atoms with Gasteiger partial charge in [0.25, 0.3) is 0 Å². The van der Waals surface area contributed by atoms with Crippen molar-refractivity contribution in [2.24, 2.45) is 5.92 Å². The molecule has 1 amide bonds. The first-order valence-corrected chi connectivity index (χ1v) is 12.4. The zero-order valence-corrected chi connectivity index (χ0v) is 21.1. The number of carbonyl (C=O) groups is 2. The SMILES string of the molecule is COC(=O)C1CC(=O)N(OCc2cccc(OC)c2)C12CCN(Cc1cccn1-c1ncccn1)CC2. The van der Waals surface area contributed by atoms with Gasteiger partial charge < -0.3 is 9.47 Å². The van der Waals surface area contributed by atoms with Crippen LogP contribution >= 0.6 is 0 Å². The second-order valence-electron chi connectivity index (χ2n) is 9.39. The first-order valence-electron chi connectivity index (χ1n) is 12.4.